The molecule has 0 aromatic rings. The first-order valence-electron chi connectivity index (χ1n) is 4.55. The van der Waals surface area contributed by atoms with Gasteiger partial charge in [0.25, 0.3) is 0 Å². The van der Waals surface area contributed by atoms with E-state index in [9.17, 15) is 4.79 Å². The van der Waals surface area contributed by atoms with Crippen molar-refractivity contribution in [3.8, 4) is 0 Å². The molecular weight excluding hydrogens is 202 g/mol. The Morgan fingerprint density at radius 3 is 2.54 bits per heavy atom. The second-order valence-electron chi connectivity index (χ2n) is 3.26. The van der Waals surface area contributed by atoms with Crippen LogP contribution in [0.2, 0.25) is 0 Å². The van der Waals surface area contributed by atoms with Crippen molar-refractivity contribution in [2.24, 2.45) is 0 Å². The fraction of sp³-hybridized carbons (Fsp3) is 0.889. The van der Waals surface area contributed by atoms with Gasteiger partial charge in [0.05, 0.1) is 0 Å². The summed E-state index contributed by atoms with van der Waals surface area (Å²) in [6, 6.07) is 0. The Morgan fingerprint density at radius 2 is 2.15 bits per heavy atom. The standard InChI is InChI=1S/C9H19NOS2/c1-5-10(3)9(11)7-6-8(2)13(4)12/h8H,5-7H2,1-4H3/t8-,13?/m1/s1. The highest BCUT2D eigenvalue weighted by Crippen LogP contribution is 2.05. The molecule has 0 aliphatic carbocycles. The predicted octanol–water partition coefficient (Wildman–Crippen LogP) is 1.34. The summed E-state index contributed by atoms with van der Waals surface area (Å²) < 4.78 is 0. The van der Waals surface area contributed by atoms with E-state index in [2.05, 4.69) is 6.92 Å². The molecule has 0 heterocycles. The van der Waals surface area contributed by atoms with E-state index in [1.54, 1.807) is 4.90 Å². The van der Waals surface area contributed by atoms with E-state index in [0.717, 1.165) is 13.0 Å². The number of carbonyl (C=O) groups excluding carboxylic acids is 1. The molecule has 0 aliphatic heterocycles. The van der Waals surface area contributed by atoms with Gasteiger partial charge in [0.15, 0.2) is 0 Å². The van der Waals surface area contributed by atoms with Gasteiger partial charge in [-0.1, -0.05) is 18.1 Å². The molecule has 0 bridgehead atoms. The molecule has 0 rings (SSSR count). The zero-order chi connectivity index (χ0) is 10.4. The molecule has 0 N–H and O–H groups in total. The molecule has 0 saturated heterocycles. The van der Waals surface area contributed by atoms with Crippen LogP contribution < -0.4 is 0 Å². The number of rotatable bonds is 5. The second-order valence-corrected chi connectivity index (χ2v) is 6.64. The van der Waals surface area contributed by atoms with E-state index in [4.69, 9.17) is 11.2 Å². The van der Waals surface area contributed by atoms with Crippen LogP contribution in [0.4, 0.5) is 0 Å². The molecule has 2 nitrogen and oxygen atoms in total. The summed E-state index contributed by atoms with van der Waals surface area (Å²) in [4.78, 5) is 13.1. The van der Waals surface area contributed by atoms with E-state index >= 15 is 0 Å². The van der Waals surface area contributed by atoms with Crippen molar-refractivity contribution in [1.29, 1.82) is 0 Å². The lowest BCUT2D eigenvalue weighted by molar-refractivity contribution is -0.129. The lowest BCUT2D eigenvalue weighted by atomic mass is 10.2. The van der Waals surface area contributed by atoms with Gasteiger partial charge in [0.1, 0.15) is 0 Å². The van der Waals surface area contributed by atoms with Crippen LogP contribution in [0.15, 0.2) is 0 Å². The fourth-order valence-corrected chi connectivity index (χ4v) is 1.60. The van der Waals surface area contributed by atoms with Gasteiger partial charge < -0.3 is 4.90 Å². The minimum absolute atomic E-state index is 0.0207. The van der Waals surface area contributed by atoms with Crippen LogP contribution in [0.5, 0.6) is 0 Å². The van der Waals surface area contributed by atoms with E-state index < -0.39 is 0 Å². The average molecular weight is 221 g/mol. The smallest absolute Gasteiger partial charge is 0.222 e. The minimum atomic E-state index is 0.0207. The van der Waals surface area contributed by atoms with Gasteiger partial charge >= 0.3 is 0 Å². The van der Waals surface area contributed by atoms with E-state index in [0.29, 0.717) is 11.7 Å². The molecule has 0 radical (unpaired) electrons. The maximum absolute atomic E-state index is 11.4. The van der Waals surface area contributed by atoms with Crippen LogP contribution in [-0.2, 0) is 25.4 Å². The zero-order valence-electron chi connectivity index (χ0n) is 8.87. The van der Waals surface area contributed by atoms with Crippen molar-refractivity contribution in [1.82, 2.24) is 4.90 Å². The van der Waals surface area contributed by atoms with Crippen molar-refractivity contribution >= 4 is 26.5 Å². The van der Waals surface area contributed by atoms with Crippen LogP contribution in [0, 0.1) is 0 Å². The van der Waals surface area contributed by atoms with E-state index in [1.807, 2.05) is 20.2 Å². The molecule has 0 aliphatic rings. The molecule has 78 valence electrons. The maximum atomic E-state index is 11.4. The molecule has 0 spiro atoms. The Morgan fingerprint density at radius 1 is 1.62 bits per heavy atom. The summed E-state index contributed by atoms with van der Waals surface area (Å²) in [6.07, 6.45) is 3.61. The quantitative estimate of drug-likeness (QED) is 0.698. The first kappa shape index (κ1) is 13.0. The molecule has 4 heteroatoms. The predicted molar refractivity (Wildman–Crippen MR) is 62.7 cm³/mol. The van der Waals surface area contributed by atoms with Crippen LogP contribution in [0.3, 0.4) is 0 Å². The first-order valence-corrected chi connectivity index (χ1v) is 7.17. The Kier molecular flexibility index (Phi) is 6.51. The van der Waals surface area contributed by atoms with Crippen LogP contribution in [0.1, 0.15) is 26.7 Å². The van der Waals surface area contributed by atoms with Crippen molar-refractivity contribution in [3.05, 3.63) is 0 Å². The number of carbonyl (C=O) groups is 1. The van der Waals surface area contributed by atoms with Crippen LogP contribution in [0.25, 0.3) is 0 Å². The summed E-state index contributed by atoms with van der Waals surface area (Å²) in [5, 5.41) is 0.490. The van der Waals surface area contributed by atoms with Crippen molar-refractivity contribution < 1.29 is 4.79 Å². The van der Waals surface area contributed by atoms with Gasteiger partial charge in [-0.05, 0) is 19.6 Å². The van der Waals surface area contributed by atoms with Crippen LogP contribution in [-0.4, -0.2) is 35.9 Å². The lowest BCUT2D eigenvalue weighted by Gasteiger charge is -2.16. The molecule has 2 atom stereocenters. The van der Waals surface area contributed by atoms with Gasteiger partial charge in [-0.15, -0.1) is 9.45 Å². The monoisotopic (exact) mass is 221 g/mol. The Balaban J connectivity index is 3.76. The highest BCUT2D eigenvalue weighted by molar-refractivity contribution is 8.28. The topological polar surface area (TPSA) is 20.3 Å². The normalized spacial score (nSPS) is 15.1. The number of hydrogen-bond acceptors (Lipinski definition) is 2. The summed E-state index contributed by atoms with van der Waals surface area (Å²) in [7, 11) is 1.86. The summed E-state index contributed by atoms with van der Waals surface area (Å²) in [6.45, 7) is 4.90. The summed E-state index contributed by atoms with van der Waals surface area (Å²) in [5.41, 5.74) is 0. The SMILES string of the molecule is CCN(C)C(=O)CC[C@@H](C)S(C)=S. The van der Waals surface area contributed by atoms with Gasteiger partial charge in [-0.2, -0.15) is 0 Å². The van der Waals surface area contributed by atoms with Gasteiger partial charge in [0, 0.05) is 25.3 Å². The van der Waals surface area contributed by atoms with Gasteiger partial charge in [-0.25, -0.2) is 0 Å². The largest absolute Gasteiger partial charge is 0.346 e. The number of nitrogens with zero attached hydrogens (tertiary/aromatic N) is 1. The third-order valence-corrected chi connectivity index (χ3v) is 4.59. The second kappa shape index (κ2) is 6.49. The van der Waals surface area contributed by atoms with Gasteiger partial charge in [-0.3, -0.25) is 4.79 Å². The Labute approximate surface area is 88.3 Å². The molecule has 13 heavy (non-hydrogen) atoms. The molecule has 0 fully saturated rings. The highest BCUT2D eigenvalue weighted by Gasteiger charge is 2.09. The van der Waals surface area contributed by atoms with Crippen molar-refractivity contribution in [2.75, 3.05) is 19.8 Å². The number of hydrogen-bond donors (Lipinski definition) is 0. The Hall–Kier alpha value is 0.0400. The average Bonchev–Trinajstić information content (AvgIpc) is 2.11. The van der Waals surface area contributed by atoms with Gasteiger partial charge in [0.2, 0.25) is 5.91 Å². The Bertz CT molecular complexity index is 194. The fourth-order valence-electron chi connectivity index (χ4n) is 0.860. The first-order chi connectivity index (χ1) is 5.99. The molecule has 0 saturated carbocycles. The zero-order valence-corrected chi connectivity index (χ0v) is 10.5. The van der Waals surface area contributed by atoms with E-state index in [-0.39, 0.29) is 15.4 Å². The molecule has 0 aromatic heterocycles. The lowest BCUT2D eigenvalue weighted by Crippen LogP contribution is -2.27. The van der Waals surface area contributed by atoms with Crippen molar-refractivity contribution in [3.63, 3.8) is 0 Å². The summed E-state index contributed by atoms with van der Waals surface area (Å²) >= 11 is 5.15. The minimum Gasteiger partial charge on any atom is -0.346 e. The highest BCUT2D eigenvalue weighted by atomic mass is 32.8. The molecule has 1 amide bonds. The summed E-state index contributed by atoms with van der Waals surface area (Å²) in [5.74, 6) is 0.231. The third kappa shape index (κ3) is 5.37. The van der Waals surface area contributed by atoms with Crippen LogP contribution >= 0.6 is 0 Å². The molecular formula is C9H19NOS2. The van der Waals surface area contributed by atoms with E-state index in [1.165, 1.54) is 0 Å². The number of amides is 1. The van der Waals surface area contributed by atoms with Crippen molar-refractivity contribution in [2.45, 2.75) is 31.9 Å². The third-order valence-electron chi connectivity index (χ3n) is 2.23. The molecule has 0 aromatic carbocycles. The maximum Gasteiger partial charge on any atom is 0.222 e. The molecule has 1 unspecified atom stereocenters.